The van der Waals surface area contributed by atoms with E-state index in [4.69, 9.17) is 4.74 Å². The third-order valence-electron chi connectivity index (χ3n) is 4.55. The van der Waals surface area contributed by atoms with Gasteiger partial charge in [-0.15, -0.1) is 0 Å². The number of aryl methyl sites for hydroxylation is 1. The van der Waals surface area contributed by atoms with Crippen LogP contribution in [0.25, 0.3) is 16.7 Å². The molecule has 0 aliphatic carbocycles. The van der Waals surface area contributed by atoms with Gasteiger partial charge in [-0.1, -0.05) is 18.2 Å². The molecule has 1 amide bonds. The van der Waals surface area contributed by atoms with E-state index in [0.29, 0.717) is 5.56 Å². The predicted molar refractivity (Wildman–Crippen MR) is 107 cm³/mol. The standard InChI is InChI=1S/C22H19N3O2/c1-15-5-3-4-6-19(15)22(26)24-16-7-9-17(10-8-16)25-14-23-20-13-18(27-2)11-12-21(20)25/h3-14H,1-2H3,(H,24,26). The van der Waals surface area contributed by atoms with Crippen LogP contribution in [0.1, 0.15) is 15.9 Å². The Balaban J connectivity index is 1.58. The highest BCUT2D eigenvalue weighted by atomic mass is 16.5. The lowest BCUT2D eigenvalue weighted by atomic mass is 10.1. The molecule has 0 fully saturated rings. The van der Waals surface area contributed by atoms with E-state index in [0.717, 1.165) is 33.7 Å². The summed E-state index contributed by atoms with van der Waals surface area (Å²) in [5.74, 6) is 0.669. The van der Waals surface area contributed by atoms with Crippen molar-refractivity contribution in [3.63, 3.8) is 0 Å². The number of hydrogen-bond donors (Lipinski definition) is 1. The lowest BCUT2D eigenvalue weighted by molar-refractivity contribution is 0.102. The second-order valence-electron chi connectivity index (χ2n) is 6.29. The molecular weight excluding hydrogens is 338 g/mol. The number of carbonyl (C=O) groups is 1. The van der Waals surface area contributed by atoms with E-state index in [9.17, 15) is 4.79 Å². The molecule has 0 radical (unpaired) electrons. The highest BCUT2D eigenvalue weighted by molar-refractivity contribution is 6.05. The van der Waals surface area contributed by atoms with Crippen molar-refractivity contribution in [1.82, 2.24) is 9.55 Å². The normalized spacial score (nSPS) is 10.7. The van der Waals surface area contributed by atoms with Gasteiger partial charge in [0.05, 0.1) is 18.1 Å². The first-order chi connectivity index (χ1) is 13.2. The molecule has 3 aromatic carbocycles. The number of methoxy groups -OCH3 is 1. The van der Waals surface area contributed by atoms with E-state index in [1.807, 2.05) is 78.2 Å². The van der Waals surface area contributed by atoms with Crippen molar-refractivity contribution < 1.29 is 9.53 Å². The number of ether oxygens (including phenoxy) is 1. The van der Waals surface area contributed by atoms with Crippen LogP contribution in [0.5, 0.6) is 5.75 Å². The van der Waals surface area contributed by atoms with E-state index in [1.165, 1.54) is 0 Å². The van der Waals surface area contributed by atoms with Crippen LogP contribution in [-0.2, 0) is 0 Å². The molecule has 0 saturated heterocycles. The second kappa shape index (κ2) is 6.96. The monoisotopic (exact) mass is 357 g/mol. The van der Waals surface area contributed by atoms with Crippen LogP contribution in [-0.4, -0.2) is 22.6 Å². The number of benzene rings is 3. The Morgan fingerprint density at radius 3 is 2.56 bits per heavy atom. The lowest BCUT2D eigenvalue weighted by Gasteiger charge is -2.09. The van der Waals surface area contributed by atoms with Gasteiger partial charge >= 0.3 is 0 Å². The molecule has 0 aliphatic heterocycles. The van der Waals surface area contributed by atoms with Crippen molar-refractivity contribution >= 4 is 22.6 Å². The highest BCUT2D eigenvalue weighted by Gasteiger charge is 2.09. The van der Waals surface area contributed by atoms with Gasteiger partial charge in [-0.2, -0.15) is 0 Å². The van der Waals surface area contributed by atoms with Crippen LogP contribution in [0.4, 0.5) is 5.69 Å². The summed E-state index contributed by atoms with van der Waals surface area (Å²) in [5.41, 5.74) is 5.21. The minimum absolute atomic E-state index is 0.110. The fourth-order valence-corrected chi connectivity index (χ4v) is 3.06. The first-order valence-electron chi connectivity index (χ1n) is 8.64. The maximum Gasteiger partial charge on any atom is 0.255 e. The Labute approximate surface area is 157 Å². The average Bonchev–Trinajstić information content (AvgIpc) is 3.12. The quantitative estimate of drug-likeness (QED) is 0.581. The number of rotatable bonds is 4. The summed E-state index contributed by atoms with van der Waals surface area (Å²) < 4.78 is 7.25. The average molecular weight is 357 g/mol. The lowest BCUT2D eigenvalue weighted by Crippen LogP contribution is -2.13. The molecule has 1 aromatic heterocycles. The summed E-state index contributed by atoms with van der Waals surface area (Å²) in [6.07, 6.45) is 1.78. The Bertz CT molecular complexity index is 1110. The molecule has 0 aliphatic rings. The first kappa shape index (κ1) is 16.8. The molecule has 1 N–H and O–H groups in total. The molecule has 4 rings (SSSR count). The van der Waals surface area contributed by atoms with Crippen molar-refractivity contribution in [2.24, 2.45) is 0 Å². The third kappa shape index (κ3) is 3.27. The van der Waals surface area contributed by atoms with Crippen molar-refractivity contribution in [1.29, 1.82) is 0 Å². The highest BCUT2D eigenvalue weighted by Crippen LogP contribution is 2.23. The van der Waals surface area contributed by atoms with Gasteiger partial charge in [0.15, 0.2) is 0 Å². The van der Waals surface area contributed by atoms with Crippen molar-refractivity contribution in [3.05, 3.63) is 84.2 Å². The molecular formula is C22H19N3O2. The van der Waals surface area contributed by atoms with Gasteiger partial charge in [0.25, 0.3) is 5.91 Å². The van der Waals surface area contributed by atoms with Crippen molar-refractivity contribution in [3.8, 4) is 11.4 Å². The summed E-state index contributed by atoms with van der Waals surface area (Å²) in [5, 5.41) is 2.94. The van der Waals surface area contributed by atoms with E-state index in [1.54, 1.807) is 13.4 Å². The molecule has 0 bridgehead atoms. The Hall–Kier alpha value is -3.60. The van der Waals surface area contributed by atoms with Crippen molar-refractivity contribution in [2.45, 2.75) is 6.92 Å². The van der Waals surface area contributed by atoms with Gasteiger partial charge < -0.3 is 10.1 Å². The topological polar surface area (TPSA) is 56.1 Å². The van der Waals surface area contributed by atoms with Gasteiger partial charge in [0, 0.05) is 23.0 Å². The molecule has 5 nitrogen and oxygen atoms in total. The minimum atomic E-state index is -0.110. The first-order valence-corrected chi connectivity index (χ1v) is 8.64. The maximum absolute atomic E-state index is 12.4. The fraction of sp³-hybridized carbons (Fsp3) is 0.0909. The van der Waals surface area contributed by atoms with Crippen LogP contribution in [0.2, 0.25) is 0 Å². The van der Waals surface area contributed by atoms with Crippen LogP contribution in [0.15, 0.2) is 73.1 Å². The van der Waals surface area contributed by atoms with Crippen LogP contribution < -0.4 is 10.1 Å². The number of imidazole rings is 1. The molecule has 5 heteroatoms. The molecule has 0 atom stereocenters. The zero-order chi connectivity index (χ0) is 18.8. The molecule has 27 heavy (non-hydrogen) atoms. The zero-order valence-electron chi connectivity index (χ0n) is 15.1. The van der Waals surface area contributed by atoms with E-state index < -0.39 is 0 Å². The molecule has 134 valence electrons. The molecule has 0 unspecified atom stereocenters. The number of anilines is 1. The molecule has 1 heterocycles. The maximum atomic E-state index is 12.4. The van der Waals surface area contributed by atoms with Gasteiger partial charge in [-0.05, 0) is 55.0 Å². The number of aromatic nitrogens is 2. The summed E-state index contributed by atoms with van der Waals surface area (Å²) in [4.78, 5) is 16.9. The molecule has 0 saturated carbocycles. The zero-order valence-corrected chi connectivity index (χ0v) is 15.1. The van der Waals surface area contributed by atoms with Gasteiger partial charge in [-0.25, -0.2) is 4.98 Å². The third-order valence-corrected chi connectivity index (χ3v) is 4.55. The second-order valence-corrected chi connectivity index (χ2v) is 6.29. The van der Waals surface area contributed by atoms with E-state index in [2.05, 4.69) is 10.3 Å². The number of carbonyl (C=O) groups excluding carboxylic acids is 1. The van der Waals surface area contributed by atoms with Gasteiger partial charge in [0.2, 0.25) is 0 Å². The SMILES string of the molecule is COc1ccc2c(c1)ncn2-c1ccc(NC(=O)c2ccccc2C)cc1. The number of fused-ring (bicyclic) bond motifs is 1. The largest absolute Gasteiger partial charge is 0.497 e. The number of nitrogens with one attached hydrogen (secondary N) is 1. The van der Waals surface area contributed by atoms with E-state index >= 15 is 0 Å². The van der Waals surface area contributed by atoms with Gasteiger partial charge in [-0.3, -0.25) is 9.36 Å². The van der Waals surface area contributed by atoms with E-state index in [-0.39, 0.29) is 5.91 Å². The summed E-state index contributed by atoms with van der Waals surface area (Å²) in [6.45, 7) is 1.93. The molecule has 0 spiro atoms. The smallest absolute Gasteiger partial charge is 0.255 e. The van der Waals surface area contributed by atoms with Crippen LogP contribution in [0, 0.1) is 6.92 Å². The Kier molecular flexibility index (Phi) is 4.34. The fourth-order valence-electron chi connectivity index (χ4n) is 3.06. The number of nitrogens with zero attached hydrogens (tertiary/aromatic N) is 2. The molecule has 4 aromatic rings. The van der Waals surface area contributed by atoms with Crippen LogP contribution >= 0.6 is 0 Å². The Morgan fingerprint density at radius 2 is 1.81 bits per heavy atom. The predicted octanol–water partition coefficient (Wildman–Crippen LogP) is 4.59. The summed E-state index contributed by atoms with van der Waals surface area (Å²) in [7, 11) is 1.64. The number of amides is 1. The summed E-state index contributed by atoms with van der Waals surface area (Å²) in [6, 6.07) is 21.0. The van der Waals surface area contributed by atoms with Crippen LogP contribution in [0.3, 0.4) is 0 Å². The van der Waals surface area contributed by atoms with Crippen molar-refractivity contribution in [2.75, 3.05) is 12.4 Å². The Morgan fingerprint density at radius 1 is 1.04 bits per heavy atom. The summed E-state index contributed by atoms with van der Waals surface area (Å²) >= 11 is 0. The van der Waals surface area contributed by atoms with Gasteiger partial charge in [0.1, 0.15) is 12.1 Å². The number of hydrogen-bond acceptors (Lipinski definition) is 3. The minimum Gasteiger partial charge on any atom is -0.497 e.